The van der Waals surface area contributed by atoms with E-state index in [0.717, 1.165) is 0 Å². The molecule has 0 aliphatic carbocycles. The fourth-order valence-electron chi connectivity index (χ4n) is 0.587. The third-order valence-electron chi connectivity index (χ3n) is 1.30. The highest BCUT2D eigenvalue weighted by molar-refractivity contribution is 5.87. The number of nitrogens with one attached hydrogen (secondary N) is 1. The quantitative estimate of drug-likeness (QED) is 0.488. The lowest BCUT2D eigenvalue weighted by Gasteiger charge is -2.09. The van der Waals surface area contributed by atoms with Crippen LogP contribution in [0.4, 0.5) is 0 Å². The Morgan fingerprint density at radius 2 is 2.25 bits per heavy atom. The Kier molecular flexibility index (Phi) is 0.897. The van der Waals surface area contributed by atoms with Crippen LogP contribution in [0, 0.1) is 5.41 Å². The highest BCUT2D eigenvalue weighted by atomic mass is 16.2. The van der Waals surface area contributed by atoms with E-state index in [1.54, 1.807) is 6.20 Å². The lowest BCUT2D eigenvalue weighted by Crippen LogP contribution is -2.25. The molecule has 1 N–H and O–H groups in total. The average Bonchev–Trinajstić information content (AvgIpc) is 1.86. The van der Waals surface area contributed by atoms with Gasteiger partial charge in [-0.2, -0.15) is 0 Å². The number of hydrogen-bond donors (Lipinski definition) is 1. The third kappa shape index (κ3) is 0.619. The van der Waals surface area contributed by atoms with Gasteiger partial charge < -0.3 is 5.32 Å². The van der Waals surface area contributed by atoms with E-state index in [1.165, 1.54) is 0 Å². The predicted molar refractivity (Wildman–Crippen MR) is 31.1 cm³/mol. The molecule has 0 unspecified atom stereocenters. The molecule has 1 heterocycles. The zero-order valence-corrected chi connectivity index (χ0v) is 5.06. The van der Waals surface area contributed by atoms with E-state index in [9.17, 15) is 4.79 Å². The van der Waals surface area contributed by atoms with Gasteiger partial charge >= 0.3 is 0 Å². The molecule has 0 fully saturated rings. The minimum atomic E-state index is -0.278. The van der Waals surface area contributed by atoms with Crippen molar-refractivity contribution in [3.8, 4) is 0 Å². The molecule has 0 saturated carbocycles. The lowest BCUT2D eigenvalue weighted by molar-refractivity contribution is -0.125. The van der Waals surface area contributed by atoms with Crippen LogP contribution in [0.1, 0.15) is 13.8 Å². The molecule has 1 amide bonds. The summed E-state index contributed by atoms with van der Waals surface area (Å²) in [6.07, 6.45) is 3.54. The molecule has 0 aromatic rings. The van der Waals surface area contributed by atoms with E-state index in [0.29, 0.717) is 0 Å². The number of carbonyl (C=O) groups excluding carboxylic acids is 1. The van der Waals surface area contributed by atoms with Gasteiger partial charge in [-0.05, 0) is 13.8 Å². The molecule has 44 valence electrons. The van der Waals surface area contributed by atoms with Crippen LogP contribution in [-0.2, 0) is 4.79 Å². The molecular weight excluding hydrogens is 102 g/mol. The monoisotopic (exact) mass is 111 g/mol. The highest BCUT2D eigenvalue weighted by Gasteiger charge is 2.27. The van der Waals surface area contributed by atoms with Crippen LogP contribution >= 0.6 is 0 Å². The zero-order chi connectivity index (χ0) is 6.20. The van der Waals surface area contributed by atoms with Crippen molar-refractivity contribution in [3.05, 3.63) is 12.3 Å². The SMILES string of the molecule is CC1(C)C=CNC1=O. The molecule has 2 nitrogen and oxygen atoms in total. The molecule has 0 aromatic heterocycles. The van der Waals surface area contributed by atoms with Gasteiger partial charge in [0.25, 0.3) is 0 Å². The Labute approximate surface area is 48.6 Å². The van der Waals surface area contributed by atoms with Gasteiger partial charge in [0, 0.05) is 6.20 Å². The number of rotatable bonds is 0. The Bertz CT molecular complexity index is 147. The van der Waals surface area contributed by atoms with Crippen molar-refractivity contribution >= 4 is 5.91 Å². The Morgan fingerprint density at radius 1 is 1.62 bits per heavy atom. The normalized spacial score (nSPS) is 23.5. The maximum Gasteiger partial charge on any atom is 0.233 e. The van der Waals surface area contributed by atoms with E-state index in [-0.39, 0.29) is 11.3 Å². The molecule has 0 spiro atoms. The molecule has 0 radical (unpaired) electrons. The van der Waals surface area contributed by atoms with E-state index in [4.69, 9.17) is 0 Å². The fourth-order valence-corrected chi connectivity index (χ4v) is 0.587. The van der Waals surface area contributed by atoms with Gasteiger partial charge in [-0.15, -0.1) is 0 Å². The first kappa shape index (κ1) is 5.35. The summed E-state index contributed by atoms with van der Waals surface area (Å²) in [4.78, 5) is 10.7. The Hall–Kier alpha value is -0.790. The third-order valence-corrected chi connectivity index (χ3v) is 1.30. The first-order chi connectivity index (χ1) is 3.63. The van der Waals surface area contributed by atoms with Crippen molar-refractivity contribution in [2.75, 3.05) is 0 Å². The van der Waals surface area contributed by atoms with Crippen LogP contribution in [0.15, 0.2) is 12.3 Å². The summed E-state index contributed by atoms with van der Waals surface area (Å²) in [5.41, 5.74) is -0.278. The van der Waals surface area contributed by atoms with E-state index in [2.05, 4.69) is 5.32 Å². The van der Waals surface area contributed by atoms with Crippen LogP contribution < -0.4 is 5.32 Å². The largest absolute Gasteiger partial charge is 0.332 e. The molecule has 0 bridgehead atoms. The fraction of sp³-hybridized carbons (Fsp3) is 0.500. The van der Waals surface area contributed by atoms with Gasteiger partial charge in [0.2, 0.25) is 5.91 Å². The van der Waals surface area contributed by atoms with Crippen molar-refractivity contribution in [1.29, 1.82) is 0 Å². The molecular formula is C6H9NO. The highest BCUT2D eigenvalue weighted by Crippen LogP contribution is 2.20. The summed E-state index contributed by atoms with van der Waals surface area (Å²) in [7, 11) is 0. The summed E-state index contributed by atoms with van der Waals surface area (Å²) in [5.74, 6) is 0.0810. The Balaban J connectivity index is 2.82. The Morgan fingerprint density at radius 3 is 2.38 bits per heavy atom. The summed E-state index contributed by atoms with van der Waals surface area (Å²) in [6, 6.07) is 0. The maximum absolute atomic E-state index is 10.7. The summed E-state index contributed by atoms with van der Waals surface area (Å²) >= 11 is 0. The van der Waals surface area contributed by atoms with Crippen molar-refractivity contribution < 1.29 is 4.79 Å². The minimum absolute atomic E-state index is 0.0810. The van der Waals surface area contributed by atoms with Crippen molar-refractivity contribution in [3.63, 3.8) is 0 Å². The summed E-state index contributed by atoms with van der Waals surface area (Å²) < 4.78 is 0. The average molecular weight is 111 g/mol. The van der Waals surface area contributed by atoms with Crippen molar-refractivity contribution in [2.45, 2.75) is 13.8 Å². The molecule has 2 heteroatoms. The first-order valence-corrected chi connectivity index (χ1v) is 2.61. The molecule has 0 aromatic carbocycles. The molecule has 0 atom stereocenters. The summed E-state index contributed by atoms with van der Waals surface area (Å²) in [5, 5.41) is 2.59. The van der Waals surface area contributed by atoms with Crippen LogP contribution in [0.2, 0.25) is 0 Å². The van der Waals surface area contributed by atoms with Crippen molar-refractivity contribution in [1.82, 2.24) is 5.32 Å². The van der Waals surface area contributed by atoms with Crippen LogP contribution in [0.5, 0.6) is 0 Å². The standard InChI is InChI=1S/C6H9NO/c1-6(2)3-4-7-5(6)8/h3-4H,1-2H3,(H,7,8). The van der Waals surface area contributed by atoms with E-state index < -0.39 is 0 Å². The van der Waals surface area contributed by atoms with Gasteiger partial charge in [0.05, 0.1) is 5.41 Å². The van der Waals surface area contributed by atoms with Gasteiger partial charge in [0.1, 0.15) is 0 Å². The second-order valence-corrected chi connectivity index (χ2v) is 2.53. The van der Waals surface area contributed by atoms with E-state index >= 15 is 0 Å². The van der Waals surface area contributed by atoms with Crippen LogP contribution in [0.3, 0.4) is 0 Å². The molecule has 1 aliphatic rings. The minimum Gasteiger partial charge on any atom is -0.332 e. The van der Waals surface area contributed by atoms with Crippen LogP contribution in [-0.4, -0.2) is 5.91 Å². The smallest absolute Gasteiger partial charge is 0.233 e. The molecule has 1 aliphatic heterocycles. The number of amides is 1. The van der Waals surface area contributed by atoms with Crippen molar-refractivity contribution in [2.24, 2.45) is 5.41 Å². The topological polar surface area (TPSA) is 29.1 Å². The number of carbonyl (C=O) groups is 1. The molecule has 8 heavy (non-hydrogen) atoms. The predicted octanol–water partition coefficient (Wildman–Crippen LogP) is 0.656. The van der Waals surface area contributed by atoms with Gasteiger partial charge in [-0.3, -0.25) is 4.79 Å². The number of hydrogen-bond acceptors (Lipinski definition) is 1. The van der Waals surface area contributed by atoms with Gasteiger partial charge in [-0.25, -0.2) is 0 Å². The zero-order valence-electron chi connectivity index (χ0n) is 5.06. The van der Waals surface area contributed by atoms with Gasteiger partial charge in [-0.1, -0.05) is 6.08 Å². The first-order valence-electron chi connectivity index (χ1n) is 2.61. The lowest BCUT2D eigenvalue weighted by atomic mass is 9.95. The maximum atomic E-state index is 10.7. The van der Waals surface area contributed by atoms with Crippen LogP contribution in [0.25, 0.3) is 0 Å². The van der Waals surface area contributed by atoms with E-state index in [1.807, 2.05) is 19.9 Å². The molecule has 1 rings (SSSR count). The second kappa shape index (κ2) is 1.34. The second-order valence-electron chi connectivity index (χ2n) is 2.53. The van der Waals surface area contributed by atoms with Gasteiger partial charge in [0.15, 0.2) is 0 Å². The summed E-state index contributed by atoms with van der Waals surface area (Å²) in [6.45, 7) is 3.76. The molecule has 0 saturated heterocycles.